The third kappa shape index (κ3) is 4.27. The van der Waals surface area contributed by atoms with Gasteiger partial charge in [-0.2, -0.15) is 0 Å². The lowest BCUT2D eigenvalue weighted by atomic mass is 9.93. The molecule has 0 radical (unpaired) electrons. The maximum absolute atomic E-state index is 6.88. The number of aromatic amines is 2. The second kappa shape index (κ2) is 9.38. The minimum atomic E-state index is 0.806. The Morgan fingerprint density at radius 2 is 0.976 bits per heavy atom. The van der Waals surface area contributed by atoms with Crippen LogP contribution >= 0.6 is 0 Å². The van der Waals surface area contributed by atoms with Gasteiger partial charge < -0.3 is 14.4 Å². The Morgan fingerprint density at radius 1 is 0.488 bits per heavy atom. The molecule has 0 aliphatic carbocycles. The van der Waals surface area contributed by atoms with Crippen molar-refractivity contribution in [2.45, 2.75) is 41.5 Å². The summed E-state index contributed by atoms with van der Waals surface area (Å²) >= 11 is 0. The summed E-state index contributed by atoms with van der Waals surface area (Å²) in [5.41, 5.74) is 19.3. The highest BCUT2D eigenvalue weighted by molar-refractivity contribution is 5.97. The van der Waals surface area contributed by atoms with Gasteiger partial charge in [0.05, 0.1) is 28.0 Å². The molecule has 4 aromatic heterocycles. The number of fused-ring (bicyclic) bond motifs is 9. The van der Waals surface area contributed by atoms with Crippen molar-refractivity contribution in [2.75, 3.05) is 0 Å². The van der Waals surface area contributed by atoms with Gasteiger partial charge >= 0.3 is 0 Å². The smallest absolute Gasteiger partial charge is 0.137 e. The molecule has 2 aromatic carbocycles. The van der Waals surface area contributed by atoms with E-state index in [1.54, 1.807) is 0 Å². The van der Waals surface area contributed by atoms with Gasteiger partial charge in [0, 0.05) is 16.6 Å². The monoisotopic (exact) mass is 535 g/mol. The molecule has 4 nitrogen and oxygen atoms in total. The summed E-state index contributed by atoms with van der Waals surface area (Å²) in [4.78, 5) is 12.4. The number of benzene rings is 2. The van der Waals surface area contributed by atoms with Crippen LogP contribution in [0.4, 0.5) is 0 Å². The number of H-pyrrole nitrogens is 2. The molecule has 0 atom stereocenters. The van der Waals surface area contributed by atoms with Gasteiger partial charge in [0.15, 0.2) is 0 Å². The van der Waals surface area contributed by atoms with Crippen LogP contribution in [0, 0.1) is 41.5 Å². The van der Waals surface area contributed by atoms with Crippen LogP contribution in [0.25, 0.3) is 67.6 Å². The fourth-order valence-electron chi connectivity index (χ4n) is 6.63. The van der Waals surface area contributed by atoms with Crippen molar-refractivity contribution in [3.8, 4) is 22.3 Å². The average molecular weight is 536 g/mol. The summed E-state index contributed by atoms with van der Waals surface area (Å²) in [6.45, 7) is 13.0. The molecule has 202 valence electrons. The molecule has 4 heteroatoms. The van der Waals surface area contributed by atoms with Crippen LogP contribution < -0.4 is 0 Å². The zero-order chi connectivity index (χ0) is 28.4. The highest BCUT2D eigenvalue weighted by Crippen LogP contribution is 2.39. The largest absolute Gasteiger partial charge is 0.456 e. The number of nitrogens with one attached hydrogen (secondary N) is 2. The number of furan rings is 1. The van der Waals surface area contributed by atoms with Crippen molar-refractivity contribution in [1.82, 2.24) is 15.0 Å². The summed E-state index contributed by atoms with van der Waals surface area (Å²) in [6, 6.07) is 23.8. The molecular formula is C37H33N3O. The van der Waals surface area contributed by atoms with Crippen LogP contribution in [0.15, 0.2) is 71.1 Å². The summed E-state index contributed by atoms with van der Waals surface area (Å²) in [5, 5.41) is 0. The molecule has 5 heterocycles. The van der Waals surface area contributed by atoms with E-state index < -0.39 is 0 Å². The number of aryl methyl sites for hydroxylation is 6. The zero-order valence-corrected chi connectivity index (χ0v) is 24.4. The molecule has 0 saturated carbocycles. The molecule has 1 aliphatic rings. The summed E-state index contributed by atoms with van der Waals surface area (Å²) in [6.07, 6.45) is 4.19. The predicted molar refractivity (Wildman–Crippen MR) is 172 cm³/mol. The van der Waals surface area contributed by atoms with Crippen LogP contribution in [0.3, 0.4) is 0 Å². The Balaban J connectivity index is 1.70. The molecule has 0 spiro atoms. The summed E-state index contributed by atoms with van der Waals surface area (Å²) in [7, 11) is 0. The minimum absolute atomic E-state index is 0.806. The molecule has 0 amide bonds. The van der Waals surface area contributed by atoms with E-state index in [2.05, 4.69) is 130 Å². The van der Waals surface area contributed by atoms with Gasteiger partial charge in [-0.15, -0.1) is 0 Å². The van der Waals surface area contributed by atoms with Gasteiger partial charge in [0.1, 0.15) is 11.2 Å². The summed E-state index contributed by atoms with van der Waals surface area (Å²) in [5.74, 6) is 0. The summed E-state index contributed by atoms with van der Waals surface area (Å²) < 4.78 is 6.88. The quantitative estimate of drug-likeness (QED) is 0.231. The Morgan fingerprint density at radius 3 is 1.59 bits per heavy atom. The number of aromatic nitrogens is 3. The van der Waals surface area contributed by atoms with E-state index in [4.69, 9.17) is 9.40 Å². The van der Waals surface area contributed by atoms with Crippen molar-refractivity contribution in [3.63, 3.8) is 0 Å². The molecule has 2 N–H and O–H groups in total. The normalized spacial score (nSPS) is 12.0. The molecule has 7 rings (SSSR count). The standard InChI is InChI=1S/C37H33N3O/c1-20-15-22(3)34(23(4)16-20)36-30-10-8-27(39-30)19-26-7-9-28(38-26)29-11-12-31(40-29)37(33-14-13-32(36)41-33)35-24(5)17-21(2)18-25(35)6/h7-19,38-39H,1-6H3. The lowest BCUT2D eigenvalue weighted by Gasteiger charge is -2.13. The lowest BCUT2D eigenvalue weighted by molar-refractivity contribution is 0.667. The third-order valence-electron chi connectivity index (χ3n) is 8.12. The van der Waals surface area contributed by atoms with Crippen LogP contribution in [0.2, 0.25) is 0 Å². The van der Waals surface area contributed by atoms with Gasteiger partial charge in [0.25, 0.3) is 0 Å². The van der Waals surface area contributed by atoms with Gasteiger partial charge in [0.2, 0.25) is 0 Å². The lowest BCUT2D eigenvalue weighted by Crippen LogP contribution is -1.93. The van der Waals surface area contributed by atoms with E-state index >= 15 is 0 Å². The maximum atomic E-state index is 6.88. The highest BCUT2D eigenvalue weighted by Gasteiger charge is 2.19. The fraction of sp³-hybridized carbons (Fsp3) is 0.162. The molecule has 0 saturated heterocycles. The van der Waals surface area contributed by atoms with Gasteiger partial charge in [-0.25, -0.2) is 4.98 Å². The molecular weight excluding hydrogens is 502 g/mol. The Labute approximate surface area is 239 Å². The maximum Gasteiger partial charge on any atom is 0.137 e. The zero-order valence-electron chi connectivity index (χ0n) is 24.4. The van der Waals surface area contributed by atoms with E-state index in [1.807, 2.05) is 0 Å². The number of rotatable bonds is 2. The van der Waals surface area contributed by atoms with E-state index in [1.165, 1.54) is 38.9 Å². The second-order valence-electron chi connectivity index (χ2n) is 11.5. The first-order chi connectivity index (χ1) is 19.7. The fourth-order valence-corrected chi connectivity index (χ4v) is 6.63. The van der Waals surface area contributed by atoms with E-state index in [-0.39, 0.29) is 0 Å². The molecule has 0 fully saturated rings. The Kier molecular flexibility index (Phi) is 5.75. The molecule has 0 unspecified atom stereocenters. The number of nitrogens with zero attached hydrogens (tertiary/aromatic N) is 1. The Bertz CT molecular complexity index is 2120. The van der Waals surface area contributed by atoms with Crippen LogP contribution in [0.5, 0.6) is 0 Å². The van der Waals surface area contributed by atoms with Crippen molar-refractivity contribution in [2.24, 2.45) is 0 Å². The van der Waals surface area contributed by atoms with E-state index in [9.17, 15) is 0 Å². The SMILES string of the molecule is Cc1cc(C)c(-c2c3nc(c4ccc(cc5ccc([nH]5)c(-c5c(C)cc(C)cc5C)c5ccc2o5)[nH]4)C=C3)c(C)c1. The average Bonchev–Trinajstić information content (AvgIpc) is 3.71. The van der Waals surface area contributed by atoms with E-state index in [0.29, 0.717) is 0 Å². The topological polar surface area (TPSA) is 57.6 Å². The van der Waals surface area contributed by atoms with Crippen LogP contribution in [-0.2, 0) is 0 Å². The highest BCUT2D eigenvalue weighted by atomic mass is 16.3. The van der Waals surface area contributed by atoms with Crippen molar-refractivity contribution >= 4 is 45.4 Å². The molecule has 8 bridgehead atoms. The second-order valence-corrected chi connectivity index (χ2v) is 11.5. The van der Waals surface area contributed by atoms with Crippen molar-refractivity contribution in [3.05, 3.63) is 111 Å². The van der Waals surface area contributed by atoms with Gasteiger partial charge in [-0.05, 0) is 130 Å². The molecule has 6 aromatic rings. The third-order valence-corrected chi connectivity index (χ3v) is 8.12. The number of hydrogen-bond acceptors (Lipinski definition) is 2. The van der Waals surface area contributed by atoms with Crippen LogP contribution in [0.1, 0.15) is 44.8 Å². The van der Waals surface area contributed by atoms with Crippen molar-refractivity contribution in [1.29, 1.82) is 0 Å². The first-order valence-electron chi connectivity index (χ1n) is 14.1. The predicted octanol–water partition coefficient (Wildman–Crippen LogP) is 10.1. The minimum Gasteiger partial charge on any atom is -0.456 e. The molecule has 1 aliphatic heterocycles. The van der Waals surface area contributed by atoms with Crippen LogP contribution in [-0.4, -0.2) is 15.0 Å². The van der Waals surface area contributed by atoms with Crippen molar-refractivity contribution < 1.29 is 4.42 Å². The molecule has 41 heavy (non-hydrogen) atoms. The van der Waals surface area contributed by atoms with Gasteiger partial charge in [-0.3, -0.25) is 0 Å². The first kappa shape index (κ1) is 25.2. The van der Waals surface area contributed by atoms with Gasteiger partial charge in [-0.1, -0.05) is 35.4 Å². The van der Waals surface area contributed by atoms with E-state index in [0.717, 1.165) is 61.3 Å². The first-order valence-corrected chi connectivity index (χ1v) is 14.1. The number of hydrogen-bond donors (Lipinski definition) is 2. The Hall–Kier alpha value is -4.83.